The van der Waals surface area contributed by atoms with E-state index in [0.717, 1.165) is 4.90 Å². The fraction of sp³-hybridized carbons (Fsp3) is 0.107. The zero-order valence-corrected chi connectivity index (χ0v) is 21.6. The second kappa shape index (κ2) is 11.2. The zero-order valence-electron chi connectivity index (χ0n) is 20.8. The molecule has 4 amide bonds. The minimum atomic E-state index is -4.21. The van der Waals surface area contributed by atoms with Gasteiger partial charge in [-0.05, 0) is 73.5 Å². The van der Waals surface area contributed by atoms with E-state index in [4.69, 9.17) is 8.92 Å². The average molecular weight is 549 g/mol. The van der Waals surface area contributed by atoms with E-state index >= 15 is 0 Å². The molecule has 3 aromatic rings. The number of anilines is 1. The van der Waals surface area contributed by atoms with Crippen molar-refractivity contribution in [1.29, 1.82) is 0 Å². The molecule has 10 nitrogen and oxygen atoms in total. The molecule has 1 aliphatic heterocycles. The van der Waals surface area contributed by atoms with Gasteiger partial charge in [-0.15, -0.1) is 6.58 Å². The molecule has 0 bridgehead atoms. The summed E-state index contributed by atoms with van der Waals surface area (Å²) in [4.78, 5) is 39.0. The van der Waals surface area contributed by atoms with Crippen molar-refractivity contribution in [2.45, 2.75) is 18.2 Å². The number of imide groups is 2. The molecule has 0 aliphatic carbocycles. The normalized spacial score (nSPS) is 14.7. The van der Waals surface area contributed by atoms with Crippen LogP contribution in [0, 0.1) is 0 Å². The lowest BCUT2D eigenvalue weighted by molar-refractivity contribution is -0.122. The van der Waals surface area contributed by atoms with Crippen LogP contribution in [0.5, 0.6) is 17.2 Å². The van der Waals surface area contributed by atoms with Gasteiger partial charge in [-0.2, -0.15) is 8.42 Å². The number of ether oxygens (including phenoxy) is 1. The Morgan fingerprint density at radius 3 is 2.36 bits per heavy atom. The summed E-state index contributed by atoms with van der Waals surface area (Å²) < 4.78 is 37.1. The molecule has 11 heteroatoms. The van der Waals surface area contributed by atoms with Gasteiger partial charge in [0.2, 0.25) is 0 Å². The predicted molar refractivity (Wildman–Crippen MR) is 143 cm³/mol. The van der Waals surface area contributed by atoms with Gasteiger partial charge in [0.1, 0.15) is 16.2 Å². The molecule has 0 spiro atoms. The van der Waals surface area contributed by atoms with Gasteiger partial charge < -0.3 is 14.0 Å². The molecule has 200 valence electrons. The van der Waals surface area contributed by atoms with Crippen molar-refractivity contribution >= 4 is 39.7 Å². The van der Waals surface area contributed by atoms with Crippen LogP contribution in [0.25, 0.3) is 6.08 Å². The minimum Gasteiger partial charge on any atom is -0.508 e. The predicted octanol–water partition coefficient (Wildman–Crippen LogP) is 3.95. The second-order valence-corrected chi connectivity index (χ2v) is 9.80. The van der Waals surface area contributed by atoms with Gasteiger partial charge in [0.25, 0.3) is 11.8 Å². The van der Waals surface area contributed by atoms with Gasteiger partial charge in [0.05, 0.1) is 12.3 Å². The van der Waals surface area contributed by atoms with E-state index in [1.807, 2.05) is 0 Å². The largest absolute Gasteiger partial charge is 0.508 e. The number of aromatic hydroxyl groups is 1. The highest BCUT2D eigenvalue weighted by molar-refractivity contribution is 7.87. The van der Waals surface area contributed by atoms with Crippen molar-refractivity contribution < 1.29 is 36.8 Å². The summed E-state index contributed by atoms with van der Waals surface area (Å²) >= 11 is 0. The number of allylic oxidation sites excluding steroid dienone is 1. The highest BCUT2D eigenvalue weighted by atomic mass is 32.2. The highest BCUT2D eigenvalue weighted by Crippen LogP contribution is 2.37. The first kappa shape index (κ1) is 27.1. The summed E-state index contributed by atoms with van der Waals surface area (Å²) in [5, 5.41) is 11.7. The maximum absolute atomic E-state index is 13.2. The maximum Gasteiger partial charge on any atom is 0.339 e. The Bertz CT molecular complexity index is 1580. The van der Waals surface area contributed by atoms with Gasteiger partial charge in [-0.25, -0.2) is 9.69 Å². The van der Waals surface area contributed by atoms with E-state index in [1.165, 1.54) is 60.7 Å². The van der Waals surface area contributed by atoms with Gasteiger partial charge in [0.15, 0.2) is 11.5 Å². The number of urea groups is 1. The molecule has 1 saturated heterocycles. The van der Waals surface area contributed by atoms with Crippen LogP contribution in [-0.2, 0) is 26.1 Å². The molecular formula is C28H24N2O8S. The third kappa shape index (κ3) is 5.83. The SMILES string of the molecule is C=CCc1cc(/C=C2\C(=O)NC(=O)N(c3ccc(O)cc3)C2=O)cc(OCC)c1OS(=O)(=O)c1ccccc1. The quantitative estimate of drug-likeness (QED) is 0.177. The average Bonchev–Trinajstić information content (AvgIpc) is 2.90. The van der Waals surface area contributed by atoms with Gasteiger partial charge in [0, 0.05) is 5.56 Å². The number of amides is 4. The third-order valence-electron chi connectivity index (χ3n) is 5.56. The van der Waals surface area contributed by atoms with E-state index in [1.54, 1.807) is 25.1 Å². The lowest BCUT2D eigenvalue weighted by Gasteiger charge is -2.26. The Kier molecular flexibility index (Phi) is 7.82. The van der Waals surface area contributed by atoms with Crippen LogP contribution in [0.15, 0.2) is 89.9 Å². The van der Waals surface area contributed by atoms with Crippen molar-refractivity contribution in [2.75, 3.05) is 11.5 Å². The number of rotatable bonds is 9. The molecule has 1 fully saturated rings. The summed E-state index contributed by atoms with van der Waals surface area (Å²) in [5.41, 5.74) is 0.488. The zero-order chi connectivity index (χ0) is 28.2. The Balaban J connectivity index is 1.78. The first-order valence-electron chi connectivity index (χ1n) is 11.7. The molecular weight excluding hydrogens is 524 g/mol. The summed E-state index contributed by atoms with van der Waals surface area (Å²) in [6.07, 6.45) is 2.98. The smallest absolute Gasteiger partial charge is 0.339 e. The van der Waals surface area contributed by atoms with Crippen LogP contribution < -0.4 is 19.1 Å². The third-order valence-corrected chi connectivity index (χ3v) is 6.80. The van der Waals surface area contributed by atoms with Crippen LogP contribution in [0.3, 0.4) is 0 Å². The van der Waals surface area contributed by atoms with E-state index in [9.17, 15) is 27.9 Å². The van der Waals surface area contributed by atoms with E-state index in [0.29, 0.717) is 11.1 Å². The maximum atomic E-state index is 13.2. The Hall–Kier alpha value is -4.90. The number of hydrogen-bond donors (Lipinski definition) is 2. The number of phenolic OH excluding ortho intramolecular Hbond substituents is 1. The molecule has 0 unspecified atom stereocenters. The number of nitrogens with one attached hydrogen (secondary N) is 1. The van der Waals surface area contributed by atoms with Gasteiger partial charge in [-0.1, -0.05) is 24.3 Å². The molecule has 0 atom stereocenters. The van der Waals surface area contributed by atoms with Crippen LogP contribution in [-0.4, -0.2) is 38.0 Å². The molecule has 0 aromatic heterocycles. The molecule has 4 rings (SSSR count). The van der Waals surface area contributed by atoms with Crippen LogP contribution in [0.1, 0.15) is 18.1 Å². The number of benzene rings is 3. The monoisotopic (exact) mass is 548 g/mol. The van der Waals surface area contributed by atoms with E-state index in [-0.39, 0.29) is 46.4 Å². The fourth-order valence-electron chi connectivity index (χ4n) is 3.84. The van der Waals surface area contributed by atoms with E-state index in [2.05, 4.69) is 11.9 Å². The molecule has 3 aromatic carbocycles. The first-order chi connectivity index (χ1) is 18.6. The molecule has 1 heterocycles. The number of hydrogen-bond acceptors (Lipinski definition) is 8. The topological polar surface area (TPSA) is 139 Å². The Morgan fingerprint density at radius 2 is 1.72 bits per heavy atom. The van der Waals surface area contributed by atoms with Crippen molar-refractivity contribution in [2.24, 2.45) is 0 Å². The summed E-state index contributed by atoms with van der Waals surface area (Å²) in [6, 6.07) is 14.9. The Morgan fingerprint density at radius 1 is 1.03 bits per heavy atom. The highest BCUT2D eigenvalue weighted by Gasteiger charge is 2.37. The fourth-order valence-corrected chi connectivity index (χ4v) is 4.83. The number of carbonyl (C=O) groups is 3. The number of carbonyl (C=O) groups excluding carboxylic acids is 3. The van der Waals surface area contributed by atoms with Crippen molar-refractivity contribution in [3.05, 3.63) is 96.1 Å². The number of barbiturate groups is 1. The second-order valence-electron chi connectivity index (χ2n) is 8.26. The summed E-state index contributed by atoms with van der Waals surface area (Å²) in [6.45, 7) is 5.58. The summed E-state index contributed by atoms with van der Waals surface area (Å²) in [7, 11) is -4.21. The lowest BCUT2D eigenvalue weighted by atomic mass is 10.0. The minimum absolute atomic E-state index is 0.0494. The lowest BCUT2D eigenvalue weighted by Crippen LogP contribution is -2.54. The first-order valence-corrected chi connectivity index (χ1v) is 13.2. The number of phenols is 1. The van der Waals surface area contributed by atoms with E-state index < -0.39 is 28.0 Å². The molecule has 0 radical (unpaired) electrons. The van der Waals surface area contributed by atoms with Crippen molar-refractivity contribution in [3.8, 4) is 17.2 Å². The number of nitrogens with zero attached hydrogens (tertiary/aromatic N) is 1. The van der Waals surface area contributed by atoms with Gasteiger partial charge >= 0.3 is 16.1 Å². The summed E-state index contributed by atoms with van der Waals surface area (Å²) in [5.74, 6) is -1.84. The Labute approximate surface area is 224 Å². The van der Waals surface area contributed by atoms with Crippen molar-refractivity contribution in [1.82, 2.24) is 5.32 Å². The van der Waals surface area contributed by atoms with Crippen LogP contribution in [0.4, 0.5) is 10.5 Å². The standard InChI is InChI=1S/C28H24N2O8S/c1-3-8-19-15-18(17-24(37-4-2)25(19)38-39(35,36)22-9-6-5-7-10-22)16-23-26(32)29-28(34)30(27(23)33)20-11-13-21(31)14-12-20/h3,5-7,9-17,31H,1,4,8H2,2H3,(H,29,32,34)/b23-16+. The molecule has 2 N–H and O–H groups in total. The van der Waals surface area contributed by atoms with Crippen molar-refractivity contribution in [3.63, 3.8) is 0 Å². The molecule has 0 saturated carbocycles. The molecule has 1 aliphatic rings. The molecule has 39 heavy (non-hydrogen) atoms. The van der Waals surface area contributed by atoms with Crippen LogP contribution >= 0.6 is 0 Å². The van der Waals surface area contributed by atoms with Gasteiger partial charge in [-0.3, -0.25) is 14.9 Å². The van der Waals surface area contributed by atoms with Crippen LogP contribution in [0.2, 0.25) is 0 Å².